The number of nitrogens with zero attached hydrogens (tertiary/aromatic N) is 1. The van der Waals surface area contributed by atoms with Crippen LogP contribution in [-0.4, -0.2) is 41.9 Å². The summed E-state index contributed by atoms with van der Waals surface area (Å²) in [5, 5.41) is 2.97. The SMILES string of the molecule is Cl.Cl.Nc1ccccc1CCC(=O)Nc1ccc(CCN2CCSCC2)cc1. The molecule has 3 N–H and O–H groups in total. The zero-order valence-corrected chi connectivity index (χ0v) is 18.4. The molecule has 154 valence electrons. The van der Waals surface area contributed by atoms with Crippen LogP contribution in [0.4, 0.5) is 11.4 Å². The summed E-state index contributed by atoms with van der Waals surface area (Å²) in [6, 6.07) is 15.9. The van der Waals surface area contributed by atoms with E-state index < -0.39 is 0 Å². The Kier molecular flexibility index (Phi) is 11.4. The zero-order chi connectivity index (χ0) is 18.2. The second-order valence-corrected chi connectivity index (χ2v) is 7.87. The van der Waals surface area contributed by atoms with Crippen LogP contribution in [0, 0.1) is 0 Å². The highest BCUT2D eigenvalue weighted by atomic mass is 35.5. The van der Waals surface area contributed by atoms with Crippen molar-refractivity contribution in [2.24, 2.45) is 0 Å². The van der Waals surface area contributed by atoms with Crippen molar-refractivity contribution < 1.29 is 4.79 Å². The highest BCUT2D eigenvalue weighted by Gasteiger charge is 2.10. The van der Waals surface area contributed by atoms with Gasteiger partial charge in [-0.25, -0.2) is 0 Å². The Labute approximate surface area is 184 Å². The van der Waals surface area contributed by atoms with E-state index in [4.69, 9.17) is 5.73 Å². The van der Waals surface area contributed by atoms with Crippen molar-refractivity contribution in [3.63, 3.8) is 0 Å². The Morgan fingerprint density at radius 2 is 1.68 bits per heavy atom. The smallest absolute Gasteiger partial charge is 0.224 e. The van der Waals surface area contributed by atoms with Crippen LogP contribution in [0.15, 0.2) is 48.5 Å². The lowest BCUT2D eigenvalue weighted by Gasteiger charge is -2.26. The number of carbonyl (C=O) groups is 1. The molecule has 1 aliphatic rings. The molecule has 1 aliphatic heterocycles. The van der Waals surface area contributed by atoms with Crippen molar-refractivity contribution in [1.29, 1.82) is 0 Å². The number of rotatable bonds is 7. The number of para-hydroxylation sites is 1. The third-order valence-electron chi connectivity index (χ3n) is 4.73. The molecule has 1 heterocycles. The van der Waals surface area contributed by atoms with Gasteiger partial charge < -0.3 is 16.0 Å². The first kappa shape index (κ1) is 24.6. The summed E-state index contributed by atoms with van der Waals surface area (Å²) in [6.45, 7) is 3.51. The van der Waals surface area contributed by atoms with Crippen molar-refractivity contribution in [3.8, 4) is 0 Å². The third-order valence-corrected chi connectivity index (χ3v) is 5.68. The molecule has 28 heavy (non-hydrogen) atoms. The number of nitrogens with one attached hydrogen (secondary N) is 1. The van der Waals surface area contributed by atoms with E-state index in [2.05, 4.69) is 22.3 Å². The molecule has 0 atom stereocenters. The molecule has 0 unspecified atom stereocenters. The maximum atomic E-state index is 12.2. The molecule has 0 bridgehead atoms. The van der Waals surface area contributed by atoms with Gasteiger partial charge in [0, 0.05) is 48.9 Å². The Bertz CT molecular complexity index is 722. The number of hydrogen-bond acceptors (Lipinski definition) is 4. The fourth-order valence-corrected chi connectivity index (χ4v) is 4.08. The van der Waals surface area contributed by atoms with Crippen LogP contribution in [0.3, 0.4) is 0 Å². The van der Waals surface area contributed by atoms with Crippen LogP contribution >= 0.6 is 36.6 Å². The average Bonchev–Trinajstić information content (AvgIpc) is 2.68. The van der Waals surface area contributed by atoms with Gasteiger partial charge in [-0.3, -0.25) is 4.79 Å². The number of halogens is 2. The summed E-state index contributed by atoms with van der Waals surface area (Å²) in [6.07, 6.45) is 2.15. The maximum absolute atomic E-state index is 12.2. The summed E-state index contributed by atoms with van der Waals surface area (Å²) in [5.41, 5.74) is 9.87. The lowest BCUT2D eigenvalue weighted by molar-refractivity contribution is -0.116. The number of hydrogen-bond donors (Lipinski definition) is 2. The van der Waals surface area contributed by atoms with E-state index >= 15 is 0 Å². The van der Waals surface area contributed by atoms with Crippen LogP contribution in [0.2, 0.25) is 0 Å². The fraction of sp³-hybridized carbons (Fsp3) is 0.381. The Morgan fingerprint density at radius 3 is 2.36 bits per heavy atom. The molecule has 1 saturated heterocycles. The molecule has 0 radical (unpaired) electrons. The number of benzene rings is 2. The van der Waals surface area contributed by atoms with Crippen LogP contribution in [0.5, 0.6) is 0 Å². The second-order valence-electron chi connectivity index (χ2n) is 6.65. The monoisotopic (exact) mass is 441 g/mol. The number of nitrogens with two attached hydrogens (primary N) is 1. The molecule has 1 amide bonds. The Hall–Kier alpha value is -1.40. The number of aryl methyl sites for hydroxylation is 1. The molecule has 2 aromatic carbocycles. The fourth-order valence-electron chi connectivity index (χ4n) is 3.10. The van der Waals surface area contributed by atoms with Gasteiger partial charge in [0.05, 0.1) is 0 Å². The first-order chi connectivity index (χ1) is 12.7. The van der Waals surface area contributed by atoms with Crippen LogP contribution in [0.25, 0.3) is 0 Å². The number of carbonyl (C=O) groups excluding carboxylic acids is 1. The minimum absolute atomic E-state index is 0. The topological polar surface area (TPSA) is 58.4 Å². The second kappa shape index (κ2) is 12.9. The number of thioether (sulfide) groups is 1. The summed E-state index contributed by atoms with van der Waals surface area (Å²) in [5.74, 6) is 2.52. The molecular weight excluding hydrogens is 413 g/mol. The van der Waals surface area contributed by atoms with Crippen LogP contribution in [-0.2, 0) is 17.6 Å². The summed E-state index contributed by atoms with van der Waals surface area (Å²) in [4.78, 5) is 14.7. The summed E-state index contributed by atoms with van der Waals surface area (Å²) < 4.78 is 0. The molecular formula is C21H29Cl2N3OS. The third kappa shape index (κ3) is 7.92. The Balaban J connectivity index is 0.00000196. The van der Waals surface area contributed by atoms with Crippen molar-refractivity contribution in [1.82, 2.24) is 4.90 Å². The first-order valence-corrected chi connectivity index (χ1v) is 10.4. The zero-order valence-electron chi connectivity index (χ0n) is 15.9. The minimum Gasteiger partial charge on any atom is -0.399 e. The lowest BCUT2D eigenvalue weighted by atomic mass is 10.1. The van der Waals surface area contributed by atoms with E-state index in [0.29, 0.717) is 12.8 Å². The minimum atomic E-state index is 0. The van der Waals surface area contributed by atoms with E-state index in [0.717, 1.165) is 29.9 Å². The van der Waals surface area contributed by atoms with Crippen LogP contribution < -0.4 is 11.1 Å². The van der Waals surface area contributed by atoms with Gasteiger partial charge in [0.2, 0.25) is 5.91 Å². The molecule has 0 aromatic heterocycles. The number of amides is 1. The molecule has 0 aliphatic carbocycles. The van der Waals surface area contributed by atoms with E-state index in [-0.39, 0.29) is 30.7 Å². The molecule has 4 nitrogen and oxygen atoms in total. The van der Waals surface area contributed by atoms with Crippen molar-refractivity contribution >= 4 is 53.9 Å². The standard InChI is InChI=1S/C21H27N3OS.2ClH/c22-20-4-2-1-3-18(20)7-10-21(25)23-19-8-5-17(6-9-19)11-12-24-13-15-26-16-14-24;;/h1-6,8-9H,7,10-16,22H2,(H,23,25);2*1H. The normalized spacial score (nSPS) is 13.9. The van der Waals surface area contributed by atoms with Gasteiger partial charge in [-0.05, 0) is 42.2 Å². The summed E-state index contributed by atoms with van der Waals surface area (Å²) >= 11 is 2.04. The van der Waals surface area contributed by atoms with E-state index in [1.54, 1.807) is 0 Å². The van der Waals surface area contributed by atoms with Gasteiger partial charge in [0.25, 0.3) is 0 Å². The average molecular weight is 442 g/mol. The highest BCUT2D eigenvalue weighted by Crippen LogP contribution is 2.15. The van der Waals surface area contributed by atoms with Crippen molar-refractivity contribution in [2.75, 3.05) is 42.2 Å². The predicted molar refractivity (Wildman–Crippen MR) is 126 cm³/mol. The van der Waals surface area contributed by atoms with E-state index in [1.165, 1.54) is 30.2 Å². The van der Waals surface area contributed by atoms with E-state index in [1.807, 2.05) is 48.2 Å². The lowest BCUT2D eigenvalue weighted by Crippen LogP contribution is -2.34. The molecule has 2 aromatic rings. The quantitative estimate of drug-likeness (QED) is 0.629. The summed E-state index contributed by atoms with van der Waals surface area (Å²) in [7, 11) is 0. The Morgan fingerprint density at radius 1 is 1.00 bits per heavy atom. The highest BCUT2D eigenvalue weighted by molar-refractivity contribution is 7.99. The molecule has 1 fully saturated rings. The van der Waals surface area contributed by atoms with Crippen LogP contribution in [0.1, 0.15) is 17.5 Å². The molecule has 0 spiro atoms. The molecule has 0 saturated carbocycles. The molecule has 7 heteroatoms. The van der Waals surface area contributed by atoms with Crippen molar-refractivity contribution in [2.45, 2.75) is 19.3 Å². The van der Waals surface area contributed by atoms with Gasteiger partial charge >= 0.3 is 0 Å². The number of anilines is 2. The van der Waals surface area contributed by atoms with Gasteiger partial charge in [0.15, 0.2) is 0 Å². The van der Waals surface area contributed by atoms with Crippen molar-refractivity contribution in [3.05, 3.63) is 59.7 Å². The first-order valence-electron chi connectivity index (χ1n) is 9.23. The van der Waals surface area contributed by atoms with E-state index in [9.17, 15) is 4.79 Å². The van der Waals surface area contributed by atoms with Gasteiger partial charge in [0.1, 0.15) is 0 Å². The molecule has 3 rings (SSSR count). The van der Waals surface area contributed by atoms with Gasteiger partial charge in [-0.15, -0.1) is 24.8 Å². The van der Waals surface area contributed by atoms with Gasteiger partial charge in [-0.2, -0.15) is 11.8 Å². The predicted octanol–water partition coefficient (Wildman–Crippen LogP) is 4.28. The number of nitrogen functional groups attached to an aromatic ring is 1. The largest absolute Gasteiger partial charge is 0.399 e. The maximum Gasteiger partial charge on any atom is 0.224 e. The van der Waals surface area contributed by atoms with Gasteiger partial charge in [-0.1, -0.05) is 30.3 Å².